The summed E-state index contributed by atoms with van der Waals surface area (Å²) >= 11 is 0. The highest BCUT2D eigenvalue weighted by Crippen LogP contribution is 2.46. The van der Waals surface area contributed by atoms with Crippen molar-refractivity contribution in [2.45, 2.75) is 44.3 Å². The van der Waals surface area contributed by atoms with Gasteiger partial charge in [0.15, 0.2) is 0 Å². The third-order valence-corrected chi connectivity index (χ3v) is 3.40. The molecule has 3 aliphatic rings. The van der Waals surface area contributed by atoms with Crippen LogP contribution in [0.2, 0.25) is 0 Å². The van der Waals surface area contributed by atoms with Crippen LogP contribution in [0.4, 0.5) is 0 Å². The number of allylic oxidation sites excluding steroid dienone is 1. The fourth-order valence-electron chi connectivity index (χ4n) is 2.92. The summed E-state index contributed by atoms with van der Waals surface area (Å²) in [5.41, 5.74) is 1.66. The minimum Gasteiger partial charge on any atom is -0.370 e. The van der Waals surface area contributed by atoms with Crippen molar-refractivity contribution in [2.75, 3.05) is 0 Å². The molecule has 1 saturated heterocycles. The van der Waals surface area contributed by atoms with E-state index in [1.54, 1.807) is 5.57 Å². The molecule has 0 radical (unpaired) electrons. The van der Waals surface area contributed by atoms with Crippen molar-refractivity contribution in [3.8, 4) is 0 Å². The Morgan fingerprint density at radius 3 is 3.27 bits per heavy atom. The van der Waals surface area contributed by atoms with Crippen LogP contribution in [0.5, 0.6) is 0 Å². The zero-order chi connectivity index (χ0) is 7.26. The van der Waals surface area contributed by atoms with Crippen LogP contribution in [0.3, 0.4) is 0 Å². The maximum absolute atomic E-state index is 5.94. The van der Waals surface area contributed by atoms with Gasteiger partial charge >= 0.3 is 0 Å². The molecule has 0 aromatic carbocycles. The molecule has 2 aliphatic carbocycles. The molecule has 1 nitrogen and oxygen atoms in total. The molecule has 1 heteroatoms. The van der Waals surface area contributed by atoms with E-state index in [-0.39, 0.29) is 0 Å². The van der Waals surface area contributed by atoms with Gasteiger partial charge in [0.2, 0.25) is 0 Å². The summed E-state index contributed by atoms with van der Waals surface area (Å²) in [7, 11) is 0. The van der Waals surface area contributed by atoms with Gasteiger partial charge in [0.05, 0.1) is 12.2 Å². The van der Waals surface area contributed by atoms with Crippen LogP contribution < -0.4 is 0 Å². The Morgan fingerprint density at radius 1 is 1.27 bits per heavy atom. The molecular formula is C10H14O. The van der Waals surface area contributed by atoms with E-state index >= 15 is 0 Å². The Balaban J connectivity index is 1.94. The highest BCUT2D eigenvalue weighted by Gasteiger charge is 2.43. The highest BCUT2D eigenvalue weighted by molar-refractivity contribution is 5.24. The first-order valence-electron chi connectivity index (χ1n) is 4.80. The van der Waals surface area contributed by atoms with Gasteiger partial charge in [-0.1, -0.05) is 12.5 Å². The quantitative estimate of drug-likeness (QED) is 0.481. The Kier molecular flexibility index (Phi) is 1.19. The van der Waals surface area contributed by atoms with E-state index in [2.05, 4.69) is 6.08 Å². The molecule has 1 aliphatic heterocycles. The van der Waals surface area contributed by atoms with Crippen LogP contribution in [0.1, 0.15) is 32.1 Å². The van der Waals surface area contributed by atoms with E-state index < -0.39 is 0 Å². The van der Waals surface area contributed by atoms with Gasteiger partial charge in [-0.05, 0) is 31.3 Å². The lowest BCUT2D eigenvalue weighted by atomic mass is 9.97. The van der Waals surface area contributed by atoms with Gasteiger partial charge in [-0.2, -0.15) is 0 Å². The first-order valence-corrected chi connectivity index (χ1v) is 4.80. The topological polar surface area (TPSA) is 9.23 Å². The molecule has 1 saturated carbocycles. The van der Waals surface area contributed by atoms with Crippen molar-refractivity contribution in [1.29, 1.82) is 0 Å². The number of ether oxygens (including phenoxy) is 1. The fourth-order valence-corrected chi connectivity index (χ4v) is 2.92. The van der Waals surface area contributed by atoms with Crippen molar-refractivity contribution >= 4 is 0 Å². The smallest absolute Gasteiger partial charge is 0.0795 e. The second kappa shape index (κ2) is 2.10. The summed E-state index contributed by atoms with van der Waals surface area (Å²) in [5, 5.41) is 0. The minimum absolute atomic E-state index is 0.547. The molecule has 0 aromatic heterocycles. The SMILES string of the molecule is C1=C2[C@H](CC1)O[C@H]1CCC[C@@H]21. The van der Waals surface area contributed by atoms with E-state index in [0.29, 0.717) is 12.2 Å². The molecule has 0 N–H and O–H groups in total. The molecule has 0 aromatic rings. The molecule has 2 fully saturated rings. The molecule has 0 bridgehead atoms. The fraction of sp³-hybridized carbons (Fsp3) is 0.800. The van der Waals surface area contributed by atoms with Crippen LogP contribution in [-0.4, -0.2) is 12.2 Å². The van der Waals surface area contributed by atoms with Crippen molar-refractivity contribution < 1.29 is 4.74 Å². The Bertz CT molecular complexity index is 207. The number of fused-ring (bicyclic) bond motifs is 3. The Labute approximate surface area is 67.4 Å². The van der Waals surface area contributed by atoms with Crippen molar-refractivity contribution in [2.24, 2.45) is 5.92 Å². The highest BCUT2D eigenvalue weighted by atomic mass is 16.5. The van der Waals surface area contributed by atoms with Crippen LogP contribution in [0.15, 0.2) is 11.6 Å². The Hall–Kier alpha value is -0.300. The molecule has 1 heterocycles. The van der Waals surface area contributed by atoms with Crippen LogP contribution in [-0.2, 0) is 4.74 Å². The summed E-state index contributed by atoms with van der Waals surface area (Å²) in [6, 6.07) is 0. The van der Waals surface area contributed by atoms with Gasteiger partial charge in [-0.3, -0.25) is 0 Å². The second-order valence-corrected chi connectivity index (χ2v) is 3.98. The number of hydrogen-bond acceptors (Lipinski definition) is 1. The van der Waals surface area contributed by atoms with Gasteiger partial charge in [0, 0.05) is 5.92 Å². The third kappa shape index (κ3) is 0.750. The average molecular weight is 150 g/mol. The predicted octanol–water partition coefficient (Wildman–Crippen LogP) is 2.27. The molecule has 60 valence electrons. The number of hydrogen-bond donors (Lipinski definition) is 0. The maximum Gasteiger partial charge on any atom is 0.0795 e. The van der Waals surface area contributed by atoms with Crippen LogP contribution in [0.25, 0.3) is 0 Å². The largest absolute Gasteiger partial charge is 0.370 e. The predicted molar refractivity (Wildman–Crippen MR) is 43.3 cm³/mol. The second-order valence-electron chi connectivity index (χ2n) is 3.98. The van der Waals surface area contributed by atoms with E-state index in [4.69, 9.17) is 4.74 Å². The first-order chi connectivity index (χ1) is 5.45. The molecule has 11 heavy (non-hydrogen) atoms. The zero-order valence-electron chi connectivity index (χ0n) is 6.75. The molecule has 3 rings (SSSR count). The molecule has 0 spiro atoms. The molecular weight excluding hydrogens is 136 g/mol. The normalized spacial score (nSPS) is 47.3. The average Bonchev–Trinajstić information content (AvgIpc) is 2.52. The monoisotopic (exact) mass is 150 g/mol. The maximum atomic E-state index is 5.94. The Morgan fingerprint density at radius 2 is 2.27 bits per heavy atom. The molecule has 0 amide bonds. The first kappa shape index (κ1) is 6.24. The third-order valence-electron chi connectivity index (χ3n) is 3.40. The van der Waals surface area contributed by atoms with E-state index in [9.17, 15) is 0 Å². The summed E-state index contributed by atoms with van der Waals surface area (Å²) in [6.45, 7) is 0. The van der Waals surface area contributed by atoms with Gasteiger partial charge in [-0.25, -0.2) is 0 Å². The van der Waals surface area contributed by atoms with Gasteiger partial charge in [0.25, 0.3) is 0 Å². The zero-order valence-corrected chi connectivity index (χ0v) is 6.75. The molecule has 3 atom stereocenters. The lowest BCUT2D eigenvalue weighted by Crippen LogP contribution is -2.09. The van der Waals surface area contributed by atoms with Crippen LogP contribution >= 0.6 is 0 Å². The standard InChI is InChI=1S/C10H14O/c1-3-7-8-4-2-6-10(8)11-9(7)5-1/h3,8-10H,1-2,4-6H2/t8-,9-,10-/m0/s1. The van der Waals surface area contributed by atoms with Crippen LogP contribution in [0, 0.1) is 5.92 Å². The lowest BCUT2D eigenvalue weighted by molar-refractivity contribution is 0.0450. The van der Waals surface area contributed by atoms with Gasteiger partial charge < -0.3 is 4.74 Å². The van der Waals surface area contributed by atoms with E-state index in [1.807, 2.05) is 0 Å². The summed E-state index contributed by atoms with van der Waals surface area (Å²) < 4.78 is 5.94. The minimum atomic E-state index is 0.547. The summed E-state index contributed by atoms with van der Waals surface area (Å²) in [4.78, 5) is 0. The van der Waals surface area contributed by atoms with Crippen molar-refractivity contribution in [3.63, 3.8) is 0 Å². The summed E-state index contributed by atoms with van der Waals surface area (Å²) in [5.74, 6) is 0.836. The number of rotatable bonds is 0. The van der Waals surface area contributed by atoms with Gasteiger partial charge in [-0.15, -0.1) is 0 Å². The van der Waals surface area contributed by atoms with E-state index in [1.165, 1.54) is 32.1 Å². The lowest BCUT2D eigenvalue weighted by Gasteiger charge is -2.07. The summed E-state index contributed by atoms with van der Waals surface area (Å²) in [6.07, 6.45) is 10.2. The van der Waals surface area contributed by atoms with Crippen molar-refractivity contribution in [3.05, 3.63) is 11.6 Å². The van der Waals surface area contributed by atoms with Gasteiger partial charge in [0.1, 0.15) is 0 Å². The van der Waals surface area contributed by atoms with E-state index in [0.717, 1.165) is 5.92 Å². The van der Waals surface area contributed by atoms with Crippen molar-refractivity contribution in [1.82, 2.24) is 0 Å². The molecule has 0 unspecified atom stereocenters.